The number of carboxylic acids is 1. The van der Waals surface area contributed by atoms with Crippen molar-refractivity contribution in [3.8, 4) is 5.75 Å². The van der Waals surface area contributed by atoms with E-state index in [1.165, 1.54) is 37.9 Å². The van der Waals surface area contributed by atoms with Gasteiger partial charge in [-0.05, 0) is 50.0 Å². The Labute approximate surface area is 214 Å². The molecule has 3 rings (SSSR count). The van der Waals surface area contributed by atoms with Crippen LogP contribution in [0.5, 0.6) is 5.75 Å². The van der Waals surface area contributed by atoms with Crippen molar-refractivity contribution in [2.24, 2.45) is 7.05 Å². The molecule has 152 valence electrons. The van der Waals surface area contributed by atoms with Crippen molar-refractivity contribution in [3.05, 3.63) is 35.7 Å². The van der Waals surface area contributed by atoms with Crippen LogP contribution in [-0.4, -0.2) is 51.9 Å². The van der Waals surface area contributed by atoms with Crippen molar-refractivity contribution in [3.63, 3.8) is 0 Å². The molecule has 0 bridgehead atoms. The molecule has 1 N–H and O–H groups in total. The van der Waals surface area contributed by atoms with Crippen LogP contribution in [0.4, 0.5) is 5.95 Å². The van der Waals surface area contributed by atoms with E-state index in [2.05, 4.69) is 32.5 Å². The number of anilines is 1. The summed E-state index contributed by atoms with van der Waals surface area (Å²) >= 11 is 0. The van der Waals surface area contributed by atoms with Gasteiger partial charge in [0.05, 0.1) is 6.61 Å². The quantitative estimate of drug-likeness (QED) is 0.347. The second kappa shape index (κ2) is 12.7. The number of benzene rings is 1. The minimum atomic E-state index is -1.17. The minimum absolute atomic E-state index is 0. The van der Waals surface area contributed by atoms with Crippen molar-refractivity contribution in [2.75, 3.05) is 31.6 Å². The minimum Gasteiger partial charge on any atom is -0.550 e. The van der Waals surface area contributed by atoms with E-state index in [0.717, 1.165) is 18.7 Å². The second-order valence-corrected chi connectivity index (χ2v) is 7.16. The molecule has 1 saturated heterocycles. The third kappa shape index (κ3) is 7.99. The number of carboxylic acid groups (broad SMARTS) is 1. The van der Waals surface area contributed by atoms with Gasteiger partial charge in [-0.3, -0.25) is 4.90 Å². The molecular weight excluding hydrogens is 397 g/mol. The summed E-state index contributed by atoms with van der Waals surface area (Å²) < 4.78 is 7.50. The van der Waals surface area contributed by atoms with Crippen LogP contribution in [-0.2, 0) is 24.8 Å². The van der Waals surface area contributed by atoms with Gasteiger partial charge in [0.2, 0.25) is 5.95 Å². The Morgan fingerprint density at radius 3 is 2.79 bits per heavy atom. The summed E-state index contributed by atoms with van der Waals surface area (Å²) in [7, 11) is 1.73. The van der Waals surface area contributed by atoms with Gasteiger partial charge in [0.15, 0.2) is 0 Å². The molecule has 29 heavy (non-hydrogen) atoms. The first-order valence-electron chi connectivity index (χ1n) is 9.88. The van der Waals surface area contributed by atoms with E-state index in [-0.39, 0.29) is 57.8 Å². The number of aliphatic carboxylic acids is 1. The van der Waals surface area contributed by atoms with Crippen molar-refractivity contribution >= 4 is 11.9 Å². The first kappa shape index (κ1) is 24.3. The molecule has 0 spiro atoms. The maximum absolute atomic E-state index is 10.7. The van der Waals surface area contributed by atoms with E-state index in [1.54, 1.807) is 11.6 Å². The maximum atomic E-state index is 10.7. The number of piperidine rings is 1. The maximum Gasteiger partial charge on any atom is 1.00 e. The largest absolute Gasteiger partial charge is 1.00 e. The van der Waals surface area contributed by atoms with Crippen molar-refractivity contribution in [2.45, 2.75) is 38.6 Å². The molecule has 9 heteroatoms. The molecule has 1 aromatic carbocycles. The van der Waals surface area contributed by atoms with E-state index < -0.39 is 5.97 Å². The standard InChI is InChI=1S/C20H29N5O3.K/c1-24-18(14-19(26)27)22-23-20(24)21-9-6-12-28-17-8-5-7-16(13-17)15-25-10-3-2-4-11-25;/h5,7-8,13H,2-4,6,9-12,14-15H2,1H3,(H,21,23)(H,26,27);/q;+1/p-1. The van der Waals surface area contributed by atoms with E-state index in [4.69, 9.17) is 4.74 Å². The zero-order valence-corrected chi connectivity index (χ0v) is 20.5. The Hall–Kier alpha value is -0.974. The number of carbonyl (C=O) groups is 1. The van der Waals surface area contributed by atoms with Gasteiger partial charge in [-0.15, -0.1) is 10.2 Å². The molecule has 1 aliphatic rings. The summed E-state index contributed by atoms with van der Waals surface area (Å²) in [5.74, 6) is 0.631. The molecule has 1 fully saturated rings. The number of likely N-dealkylation sites (tertiary alicyclic amines) is 1. The number of nitrogens with one attached hydrogen (secondary N) is 1. The van der Waals surface area contributed by atoms with Gasteiger partial charge in [-0.2, -0.15) is 0 Å². The fraction of sp³-hybridized carbons (Fsp3) is 0.550. The summed E-state index contributed by atoms with van der Waals surface area (Å²) in [5, 5.41) is 21.6. The Balaban J connectivity index is 0.00000300. The van der Waals surface area contributed by atoms with Crippen LogP contribution >= 0.6 is 0 Å². The van der Waals surface area contributed by atoms with Gasteiger partial charge in [-0.1, -0.05) is 18.6 Å². The average molecular weight is 426 g/mol. The fourth-order valence-electron chi connectivity index (χ4n) is 3.37. The van der Waals surface area contributed by atoms with E-state index in [0.29, 0.717) is 24.9 Å². The van der Waals surface area contributed by atoms with Gasteiger partial charge in [-0.25, -0.2) is 0 Å². The average Bonchev–Trinajstić information content (AvgIpc) is 3.02. The van der Waals surface area contributed by atoms with Crippen LogP contribution in [0.2, 0.25) is 0 Å². The predicted molar refractivity (Wildman–Crippen MR) is 104 cm³/mol. The van der Waals surface area contributed by atoms with Crippen molar-refractivity contribution in [1.29, 1.82) is 0 Å². The number of rotatable bonds is 10. The number of aromatic nitrogens is 3. The fourth-order valence-corrected chi connectivity index (χ4v) is 3.37. The Bertz CT molecular complexity index is 777. The molecule has 0 aliphatic carbocycles. The van der Waals surface area contributed by atoms with Crippen LogP contribution in [0.25, 0.3) is 0 Å². The normalized spacial score (nSPS) is 14.2. The SMILES string of the molecule is Cn1c(CC(=O)[O-])nnc1NCCCOc1cccc(CN2CCCCC2)c1.[K+]. The summed E-state index contributed by atoms with van der Waals surface area (Å²) in [6, 6.07) is 8.31. The number of nitrogens with zero attached hydrogens (tertiary/aromatic N) is 4. The molecule has 0 amide bonds. The van der Waals surface area contributed by atoms with E-state index >= 15 is 0 Å². The summed E-state index contributed by atoms with van der Waals surface area (Å²) in [5.41, 5.74) is 1.29. The third-order valence-electron chi connectivity index (χ3n) is 4.89. The molecule has 8 nitrogen and oxygen atoms in total. The van der Waals surface area contributed by atoms with Crippen LogP contribution in [0, 0.1) is 0 Å². The van der Waals surface area contributed by atoms with Crippen molar-refractivity contribution in [1.82, 2.24) is 19.7 Å². The van der Waals surface area contributed by atoms with Gasteiger partial charge >= 0.3 is 51.4 Å². The van der Waals surface area contributed by atoms with Crippen LogP contribution in [0.15, 0.2) is 24.3 Å². The first-order chi connectivity index (χ1) is 13.6. The molecule has 0 unspecified atom stereocenters. The molecule has 0 radical (unpaired) electrons. The molecule has 2 aromatic rings. The van der Waals surface area contributed by atoms with E-state index in [9.17, 15) is 9.90 Å². The summed E-state index contributed by atoms with van der Waals surface area (Å²) in [4.78, 5) is 13.2. The van der Waals surface area contributed by atoms with Gasteiger partial charge in [0, 0.05) is 32.5 Å². The van der Waals surface area contributed by atoms with Gasteiger partial charge < -0.3 is 24.5 Å². The monoisotopic (exact) mass is 425 g/mol. The van der Waals surface area contributed by atoms with Crippen molar-refractivity contribution < 1.29 is 66.0 Å². The summed E-state index contributed by atoms with van der Waals surface area (Å²) in [6.07, 6.45) is 4.48. The Morgan fingerprint density at radius 1 is 1.24 bits per heavy atom. The number of ether oxygens (including phenoxy) is 1. The van der Waals surface area contributed by atoms with E-state index in [1.807, 2.05) is 12.1 Å². The van der Waals surface area contributed by atoms with Crippen LogP contribution in [0.3, 0.4) is 0 Å². The van der Waals surface area contributed by atoms with Crippen LogP contribution in [0.1, 0.15) is 37.1 Å². The molecular formula is C20H28KN5O3. The zero-order valence-electron chi connectivity index (χ0n) is 17.4. The number of carbonyl (C=O) groups excluding carboxylic acids is 1. The predicted octanol–water partition coefficient (Wildman–Crippen LogP) is -2.02. The molecule has 1 aromatic heterocycles. The Kier molecular flexibility index (Phi) is 10.6. The first-order valence-corrected chi connectivity index (χ1v) is 9.88. The van der Waals surface area contributed by atoms with Crippen LogP contribution < -0.4 is 66.5 Å². The number of hydrogen-bond acceptors (Lipinski definition) is 7. The van der Waals surface area contributed by atoms with Gasteiger partial charge in [0.1, 0.15) is 11.6 Å². The molecule has 0 atom stereocenters. The van der Waals surface area contributed by atoms with Gasteiger partial charge in [0.25, 0.3) is 0 Å². The topological polar surface area (TPSA) is 95.3 Å². The second-order valence-electron chi connectivity index (χ2n) is 7.16. The zero-order chi connectivity index (χ0) is 19.8. The third-order valence-corrected chi connectivity index (χ3v) is 4.89. The molecule has 2 heterocycles. The molecule has 1 aliphatic heterocycles. The smallest absolute Gasteiger partial charge is 0.550 e. The summed E-state index contributed by atoms with van der Waals surface area (Å²) in [6.45, 7) is 4.60. The number of hydrogen-bond donors (Lipinski definition) is 1. The molecule has 0 saturated carbocycles. The Morgan fingerprint density at radius 2 is 2.03 bits per heavy atom.